The van der Waals surface area contributed by atoms with Gasteiger partial charge in [-0.15, -0.1) is 0 Å². The molecule has 1 rings (SSSR count). The van der Waals surface area contributed by atoms with E-state index in [0.717, 1.165) is 0 Å². The molecule has 2 N–H and O–H groups in total. The maximum Gasteiger partial charge on any atom is 0.303 e. The molecule has 0 bridgehead atoms. The molecule has 1 aromatic rings. The lowest BCUT2D eigenvalue weighted by Gasteiger charge is -2.25. The first-order valence-corrected chi connectivity index (χ1v) is 7.20. The van der Waals surface area contributed by atoms with Crippen LogP contribution >= 0.6 is 0 Å². The highest BCUT2D eigenvalue weighted by Gasteiger charge is 2.21. The average molecular weight is 311 g/mol. The van der Waals surface area contributed by atoms with E-state index in [1.807, 2.05) is 0 Å². The normalized spacial score (nSPS) is 11.0. The van der Waals surface area contributed by atoms with Gasteiger partial charge in [-0.1, -0.05) is 0 Å². The third-order valence-electron chi connectivity index (χ3n) is 3.07. The molecule has 0 atom stereocenters. The average Bonchev–Trinajstić information content (AvgIpc) is 2.43. The minimum absolute atomic E-state index is 0.0148. The van der Waals surface area contributed by atoms with Crippen LogP contribution in [0.5, 0.6) is 5.75 Å². The number of halogens is 1. The number of carboxylic acids is 1. The van der Waals surface area contributed by atoms with Crippen molar-refractivity contribution in [1.82, 2.24) is 5.32 Å². The molecule has 0 aliphatic carbocycles. The number of aliphatic carboxylic acids is 1. The highest BCUT2D eigenvalue weighted by molar-refractivity contribution is 5.76. The van der Waals surface area contributed by atoms with Crippen molar-refractivity contribution in [2.45, 2.75) is 45.1 Å². The Morgan fingerprint density at radius 2 is 1.86 bits per heavy atom. The van der Waals surface area contributed by atoms with Gasteiger partial charge in [0, 0.05) is 18.4 Å². The standard InChI is InChI=1S/C16H22FNO4/c1-16(2,10-9-15(20)21)18-14(19)4-3-11-22-13-7-5-12(17)6-8-13/h5-8H,3-4,9-11H2,1-2H3,(H,18,19)(H,20,21). The van der Waals surface area contributed by atoms with E-state index in [2.05, 4.69) is 5.32 Å². The van der Waals surface area contributed by atoms with E-state index in [1.165, 1.54) is 24.3 Å². The van der Waals surface area contributed by atoms with Crippen LogP contribution in [0.2, 0.25) is 0 Å². The summed E-state index contributed by atoms with van der Waals surface area (Å²) in [5.74, 6) is -0.785. The largest absolute Gasteiger partial charge is 0.494 e. The zero-order valence-electron chi connectivity index (χ0n) is 12.9. The summed E-state index contributed by atoms with van der Waals surface area (Å²) < 4.78 is 18.1. The molecular weight excluding hydrogens is 289 g/mol. The summed E-state index contributed by atoms with van der Waals surface area (Å²) in [6.07, 6.45) is 1.21. The monoisotopic (exact) mass is 311 g/mol. The minimum atomic E-state index is -0.880. The third kappa shape index (κ3) is 7.61. The lowest BCUT2D eigenvalue weighted by atomic mass is 9.98. The molecule has 0 saturated heterocycles. The van der Waals surface area contributed by atoms with Gasteiger partial charge in [0.2, 0.25) is 5.91 Å². The van der Waals surface area contributed by atoms with Gasteiger partial charge in [0.1, 0.15) is 11.6 Å². The zero-order valence-corrected chi connectivity index (χ0v) is 12.9. The number of carboxylic acid groups (broad SMARTS) is 1. The molecule has 6 heteroatoms. The lowest BCUT2D eigenvalue weighted by molar-refractivity contribution is -0.137. The summed E-state index contributed by atoms with van der Waals surface area (Å²) in [6.45, 7) is 3.94. The highest BCUT2D eigenvalue weighted by atomic mass is 19.1. The molecule has 0 aromatic heterocycles. The summed E-state index contributed by atoms with van der Waals surface area (Å²) in [7, 11) is 0. The second-order valence-corrected chi connectivity index (χ2v) is 5.73. The molecule has 5 nitrogen and oxygen atoms in total. The molecule has 0 aliphatic rings. The van der Waals surface area contributed by atoms with Gasteiger partial charge in [-0.05, 0) is 51.0 Å². The first-order valence-electron chi connectivity index (χ1n) is 7.20. The van der Waals surface area contributed by atoms with Crippen molar-refractivity contribution in [3.05, 3.63) is 30.1 Å². The number of hydrogen-bond acceptors (Lipinski definition) is 3. The van der Waals surface area contributed by atoms with Gasteiger partial charge < -0.3 is 15.2 Å². The first kappa shape index (κ1) is 17.9. The fourth-order valence-corrected chi connectivity index (χ4v) is 1.88. The van der Waals surface area contributed by atoms with E-state index in [-0.39, 0.29) is 24.6 Å². The van der Waals surface area contributed by atoms with E-state index in [0.29, 0.717) is 25.2 Å². The molecule has 0 fully saturated rings. The van der Waals surface area contributed by atoms with Crippen LogP contribution in [-0.2, 0) is 9.59 Å². The second kappa shape index (κ2) is 8.36. The van der Waals surface area contributed by atoms with E-state index in [1.54, 1.807) is 13.8 Å². The van der Waals surface area contributed by atoms with Crippen LogP contribution in [-0.4, -0.2) is 29.1 Å². The molecule has 0 heterocycles. The summed E-state index contributed by atoms with van der Waals surface area (Å²) in [5, 5.41) is 11.5. The minimum Gasteiger partial charge on any atom is -0.494 e. The molecule has 22 heavy (non-hydrogen) atoms. The topological polar surface area (TPSA) is 75.6 Å². The number of nitrogens with one attached hydrogen (secondary N) is 1. The number of carbonyl (C=O) groups is 2. The Morgan fingerprint density at radius 1 is 1.23 bits per heavy atom. The second-order valence-electron chi connectivity index (χ2n) is 5.73. The summed E-state index contributed by atoms with van der Waals surface area (Å²) in [6, 6.07) is 5.69. The quantitative estimate of drug-likeness (QED) is 0.688. The molecule has 1 amide bonds. The van der Waals surface area contributed by atoms with E-state index < -0.39 is 11.5 Å². The molecule has 122 valence electrons. The molecular formula is C16H22FNO4. The molecule has 0 aliphatic heterocycles. The van der Waals surface area contributed by atoms with Crippen molar-refractivity contribution in [3.63, 3.8) is 0 Å². The van der Waals surface area contributed by atoms with Crippen LogP contribution in [0.3, 0.4) is 0 Å². The van der Waals surface area contributed by atoms with Crippen LogP contribution in [0.15, 0.2) is 24.3 Å². The Bertz CT molecular complexity index is 499. The number of rotatable bonds is 9. The Morgan fingerprint density at radius 3 is 2.45 bits per heavy atom. The van der Waals surface area contributed by atoms with Crippen molar-refractivity contribution in [1.29, 1.82) is 0 Å². The number of ether oxygens (including phenoxy) is 1. The van der Waals surface area contributed by atoms with Gasteiger partial charge in [-0.3, -0.25) is 9.59 Å². The van der Waals surface area contributed by atoms with Crippen molar-refractivity contribution < 1.29 is 23.8 Å². The van der Waals surface area contributed by atoms with Gasteiger partial charge >= 0.3 is 5.97 Å². The maximum atomic E-state index is 12.7. The molecule has 1 aromatic carbocycles. The van der Waals surface area contributed by atoms with Crippen LogP contribution in [0.4, 0.5) is 4.39 Å². The fraction of sp³-hybridized carbons (Fsp3) is 0.500. The Labute approximate surface area is 129 Å². The maximum absolute atomic E-state index is 12.7. The Hall–Kier alpha value is -2.11. The van der Waals surface area contributed by atoms with Crippen molar-refractivity contribution in [3.8, 4) is 5.75 Å². The van der Waals surface area contributed by atoms with E-state index >= 15 is 0 Å². The molecule has 0 unspecified atom stereocenters. The van der Waals surface area contributed by atoms with Crippen molar-refractivity contribution in [2.24, 2.45) is 0 Å². The highest BCUT2D eigenvalue weighted by Crippen LogP contribution is 2.13. The van der Waals surface area contributed by atoms with Gasteiger partial charge in [0.25, 0.3) is 0 Å². The predicted molar refractivity (Wildman–Crippen MR) is 80.2 cm³/mol. The Balaban J connectivity index is 2.22. The van der Waals surface area contributed by atoms with E-state index in [4.69, 9.17) is 9.84 Å². The number of carbonyl (C=O) groups excluding carboxylic acids is 1. The van der Waals surface area contributed by atoms with Crippen molar-refractivity contribution >= 4 is 11.9 Å². The Kier molecular flexibility index (Phi) is 6.82. The SMILES string of the molecule is CC(C)(CCC(=O)O)NC(=O)CCCOc1ccc(F)cc1. The number of benzene rings is 1. The predicted octanol–water partition coefficient (Wildman–Crippen LogP) is 2.74. The summed E-state index contributed by atoms with van der Waals surface area (Å²) >= 11 is 0. The zero-order chi connectivity index (χ0) is 16.6. The van der Waals surface area contributed by atoms with Gasteiger partial charge in [0.05, 0.1) is 6.61 Å². The fourth-order valence-electron chi connectivity index (χ4n) is 1.88. The van der Waals surface area contributed by atoms with Gasteiger partial charge in [0.15, 0.2) is 0 Å². The number of hydrogen-bond donors (Lipinski definition) is 2. The first-order chi connectivity index (χ1) is 10.3. The van der Waals surface area contributed by atoms with Gasteiger partial charge in [-0.2, -0.15) is 0 Å². The third-order valence-corrected chi connectivity index (χ3v) is 3.07. The van der Waals surface area contributed by atoms with Crippen LogP contribution < -0.4 is 10.1 Å². The molecule has 0 spiro atoms. The molecule has 0 saturated carbocycles. The van der Waals surface area contributed by atoms with Crippen LogP contribution in [0, 0.1) is 5.82 Å². The van der Waals surface area contributed by atoms with Gasteiger partial charge in [-0.25, -0.2) is 4.39 Å². The van der Waals surface area contributed by atoms with Crippen molar-refractivity contribution in [2.75, 3.05) is 6.61 Å². The van der Waals surface area contributed by atoms with Crippen LogP contribution in [0.1, 0.15) is 39.5 Å². The van der Waals surface area contributed by atoms with Crippen LogP contribution in [0.25, 0.3) is 0 Å². The smallest absolute Gasteiger partial charge is 0.303 e. The molecule has 0 radical (unpaired) electrons. The number of amides is 1. The van der Waals surface area contributed by atoms with E-state index in [9.17, 15) is 14.0 Å². The summed E-state index contributed by atoms with van der Waals surface area (Å²) in [5.41, 5.74) is -0.548. The lowest BCUT2D eigenvalue weighted by Crippen LogP contribution is -2.43. The summed E-state index contributed by atoms with van der Waals surface area (Å²) in [4.78, 5) is 22.3.